The van der Waals surface area contributed by atoms with Crippen LogP contribution < -0.4 is 9.64 Å². The van der Waals surface area contributed by atoms with E-state index in [1.165, 1.54) is 7.11 Å². The van der Waals surface area contributed by atoms with E-state index in [2.05, 4.69) is 20.2 Å². The third-order valence-corrected chi connectivity index (χ3v) is 5.78. The number of anilines is 1. The summed E-state index contributed by atoms with van der Waals surface area (Å²) < 4.78 is 23.9. The number of benzene rings is 1. The fourth-order valence-electron chi connectivity index (χ4n) is 3.99. The van der Waals surface area contributed by atoms with Crippen LogP contribution in [0.4, 0.5) is 10.3 Å². The van der Waals surface area contributed by atoms with E-state index >= 15 is 4.39 Å². The third kappa shape index (κ3) is 2.75. The van der Waals surface area contributed by atoms with Crippen LogP contribution in [0.15, 0.2) is 24.8 Å². The lowest BCUT2D eigenvalue weighted by molar-refractivity contribution is 0.198. The number of H-pyrrole nitrogens is 1. The summed E-state index contributed by atoms with van der Waals surface area (Å²) in [5.41, 5.74) is 1.56. The number of nitrogens with one attached hydrogen (secondary N) is 1. The third-order valence-electron chi connectivity index (χ3n) is 5.43. The number of nitrogens with zero attached hydrogens (tertiary/aromatic N) is 6. The van der Waals surface area contributed by atoms with E-state index in [0.717, 1.165) is 0 Å². The molecule has 1 aliphatic heterocycles. The van der Waals surface area contributed by atoms with E-state index < -0.39 is 5.82 Å². The van der Waals surface area contributed by atoms with Gasteiger partial charge in [-0.2, -0.15) is 10.1 Å². The molecule has 156 valence electrons. The molecule has 1 saturated heterocycles. The van der Waals surface area contributed by atoms with Gasteiger partial charge in [0.2, 0.25) is 11.8 Å². The van der Waals surface area contributed by atoms with Crippen molar-refractivity contribution < 1.29 is 14.2 Å². The van der Waals surface area contributed by atoms with Crippen LogP contribution in [0.3, 0.4) is 0 Å². The highest BCUT2D eigenvalue weighted by atomic mass is 35.5. The molecular formula is C19H19ClFN7O2. The molecule has 0 amide bonds. The van der Waals surface area contributed by atoms with Gasteiger partial charge in [-0.25, -0.2) is 14.5 Å². The van der Waals surface area contributed by atoms with Gasteiger partial charge in [-0.1, -0.05) is 11.6 Å². The molecule has 3 aromatic heterocycles. The number of hydrogen-bond acceptors (Lipinski definition) is 6. The molecule has 1 fully saturated rings. The Balaban J connectivity index is 1.76. The smallest absolute Gasteiger partial charge is 0.221 e. The number of methoxy groups -OCH3 is 1. The predicted molar refractivity (Wildman–Crippen MR) is 110 cm³/mol. The average molecular weight is 432 g/mol. The van der Waals surface area contributed by atoms with Gasteiger partial charge in [-0.3, -0.25) is 0 Å². The fraction of sp³-hybridized carbons (Fsp3) is 0.316. The number of aromatic amines is 1. The van der Waals surface area contributed by atoms with Crippen molar-refractivity contribution in [3.05, 3.63) is 35.6 Å². The second-order valence-electron chi connectivity index (χ2n) is 7.20. The Kier molecular flexibility index (Phi) is 4.40. The largest absolute Gasteiger partial charge is 0.495 e. The van der Waals surface area contributed by atoms with Crippen molar-refractivity contribution in [1.82, 2.24) is 29.3 Å². The zero-order chi connectivity index (χ0) is 21.0. The molecular weight excluding hydrogens is 413 g/mol. The minimum atomic E-state index is -0.584. The highest BCUT2D eigenvalue weighted by Gasteiger charge is 2.28. The van der Waals surface area contributed by atoms with Crippen LogP contribution in [0.25, 0.3) is 28.1 Å². The average Bonchev–Trinajstić information content (AvgIpc) is 3.50. The first-order valence-electron chi connectivity index (χ1n) is 9.38. The van der Waals surface area contributed by atoms with Crippen LogP contribution in [0.5, 0.6) is 5.75 Å². The number of halogens is 2. The number of aryl methyl sites for hydroxylation is 1. The monoisotopic (exact) mass is 431 g/mol. The van der Waals surface area contributed by atoms with Crippen molar-refractivity contribution in [2.45, 2.75) is 12.5 Å². The summed E-state index contributed by atoms with van der Waals surface area (Å²) in [6, 6.07) is 1.70. The fourth-order valence-corrected chi connectivity index (χ4v) is 4.21. The first-order valence-corrected chi connectivity index (χ1v) is 9.75. The van der Waals surface area contributed by atoms with Crippen molar-refractivity contribution in [2.75, 3.05) is 25.1 Å². The zero-order valence-electron chi connectivity index (χ0n) is 16.3. The van der Waals surface area contributed by atoms with Gasteiger partial charge in [0.1, 0.15) is 16.5 Å². The van der Waals surface area contributed by atoms with Crippen LogP contribution >= 0.6 is 11.6 Å². The Morgan fingerprint density at radius 3 is 2.90 bits per heavy atom. The molecule has 1 atom stereocenters. The van der Waals surface area contributed by atoms with Crippen LogP contribution in [0, 0.1) is 5.82 Å². The maximum atomic E-state index is 15.2. The highest BCUT2D eigenvalue weighted by molar-refractivity contribution is 6.33. The lowest BCUT2D eigenvalue weighted by Gasteiger charge is -2.12. The topological polar surface area (TPSA) is 97.0 Å². The molecule has 4 aromatic rings. The molecule has 11 heteroatoms. The number of ether oxygens (including phenoxy) is 1. The maximum Gasteiger partial charge on any atom is 0.221 e. The Bertz CT molecular complexity index is 1230. The molecule has 5 rings (SSSR count). The molecule has 0 bridgehead atoms. The van der Waals surface area contributed by atoms with Crippen LogP contribution in [0.2, 0.25) is 5.02 Å². The SMILES string of the molecule is COc1cc2c(-n3ccnc3)c(-c3n[nH]c(N4CC[C@@H](O)C4)n3)n(C)c2c(F)c1Cl. The summed E-state index contributed by atoms with van der Waals surface area (Å²) >= 11 is 6.18. The zero-order valence-corrected chi connectivity index (χ0v) is 17.1. The number of rotatable bonds is 4. The van der Waals surface area contributed by atoms with Crippen molar-refractivity contribution >= 4 is 28.5 Å². The quantitative estimate of drug-likeness (QED) is 0.515. The predicted octanol–water partition coefficient (Wildman–Crippen LogP) is 2.52. The van der Waals surface area contributed by atoms with E-state index in [4.69, 9.17) is 16.3 Å². The summed E-state index contributed by atoms with van der Waals surface area (Å²) in [5.74, 6) is 0.601. The lowest BCUT2D eigenvalue weighted by atomic mass is 10.2. The van der Waals surface area contributed by atoms with Gasteiger partial charge in [0.15, 0.2) is 5.82 Å². The van der Waals surface area contributed by atoms with Crippen molar-refractivity contribution in [1.29, 1.82) is 0 Å². The second-order valence-corrected chi connectivity index (χ2v) is 7.58. The summed E-state index contributed by atoms with van der Waals surface area (Å²) in [5, 5.41) is 17.6. The van der Waals surface area contributed by atoms with Gasteiger partial charge < -0.3 is 23.9 Å². The molecule has 0 unspecified atom stereocenters. The van der Waals surface area contributed by atoms with E-state index in [1.54, 1.807) is 41.0 Å². The van der Waals surface area contributed by atoms with Gasteiger partial charge in [0.05, 0.1) is 30.7 Å². The number of hydrogen-bond donors (Lipinski definition) is 2. The normalized spacial score (nSPS) is 16.7. The Morgan fingerprint density at radius 2 is 2.23 bits per heavy atom. The summed E-state index contributed by atoms with van der Waals surface area (Å²) in [6.45, 7) is 1.17. The van der Waals surface area contributed by atoms with Crippen molar-refractivity contribution in [2.24, 2.45) is 7.05 Å². The van der Waals surface area contributed by atoms with Gasteiger partial charge in [-0.05, 0) is 12.5 Å². The van der Waals surface area contributed by atoms with E-state index in [-0.39, 0.29) is 16.9 Å². The van der Waals surface area contributed by atoms with Gasteiger partial charge in [-0.15, -0.1) is 0 Å². The molecule has 30 heavy (non-hydrogen) atoms. The minimum Gasteiger partial charge on any atom is -0.495 e. The van der Waals surface area contributed by atoms with E-state index in [9.17, 15) is 5.11 Å². The summed E-state index contributed by atoms with van der Waals surface area (Å²) in [6.07, 6.45) is 5.32. The number of aromatic nitrogens is 6. The number of aliphatic hydroxyl groups is 1. The molecule has 2 N–H and O–H groups in total. The number of imidazole rings is 1. The number of fused-ring (bicyclic) bond motifs is 1. The molecule has 0 spiro atoms. The highest BCUT2D eigenvalue weighted by Crippen LogP contribution is 2.41. The molecule has 0 radical (unpaired) electrons. The first kappa shape index (κ1) is 18.9. The second kappa shape index (κ2) is 6.99. The van der Waals surface area contributed by atoms with Crippen LogP contribution in [-0.4, -0.2) is 60.7 Å². The lowest BCUT2D eigenvalue weighted by Crippen LogP contribution is -2.22. The first-order chi connectivity index (χ1) is 14.5. The number of aliphatic hydroxyl groups excluding tert-OH is 1. The van der Waals surface area contributed by atoms with Crippen molar-refractivity contribution in [3.8, 4) is 23.0 Å². The molecule has 1 aromatic carbocycles. The van der Waals surface area contributed by atoms with E-state index in [1.807, 2.05) is 4.90 Å². The molecule has 0 saturated carbocycles. The minimum absolute atomic E-state index is 0.0870. The maximum absolute atomic E-state index is 15.2. The molecule has 1 aliphatic rings. The van der Waals surface area contributed by atoms with Crippen LogP contribution in [0.1, 0.15) is 6.42 Å². The molecule has 4 heterocycles. The summed E-state index contributed by atoms with van der Waals surface area (Å²) in [7, 11) is 3.18. The van der Waals surface area contributed by atoms with Gasteiger partial charge in [0, 0.05) is 37.9 Å². The van der Waals surface area contributed by atoms with E-state index in [0.29, 0.717) is 53.6 Å². The van der Waals surface area contributed by atoms with Gasteiger partial charge in [0.25, 0.3) is 0 Å². The van der Waals surface area contributed by atoms with Crippen LogP contribution in [-0.2, 0) is 7.05 Å². The Morgan fingerprint density at radius 1 is 1.40 bits per heavy atom. The van der Waals surface area contributed by atoms with Crippen molar-refractivity contribution in [3.63, 3.8) is 0 Å². The van der Waals surface area contributed by atoms with Gasteiger partial charge >= 0.3 is 0 Å². The standard InChI is InChI=1S/C19H19ClFN7O2/c1-26-15-11(7-12(30-2)13(20)14(15)21)16(28-6-4-22-9-28)17(26)18-23-19(25-24-18)27-5-3-10(29)8-27/h4,6-7,9-10,29H,3,5,8H2,1-2H3,(H,23,24,25)/t10-/m1/s1. The molecule has 9 nitrogen and oxygen atoms in total. The summed E-state index contributed by atoms with van der Waals surface area (Å²) in [4.78, 5) is 10.7. The Hall–Kier alpha value is -3.11. The number of β-amino-alcohol motifs (C(OH)–C–C–N with tert-alkyl or cyclic N) is 1. The Labute approximate surface area is 175 Å². The molecule has 0 aliphatic carbocycles.